The number of likely N-dealkylation sites (tertiary alicyclic amines) is 1. The summed E-state index contributed by atoms with van der Waals surface area (Å²) in [6.45, 7) is 5.67. The van der Waals surface area contributed by atoms with Gasteiger partial charge in [0, 0.05) is 19.1 Å². The molecule has 0 aromatic carbocycles. The fourth-order valence-corrected chi connectivity index (χ4v) is 3.33. The molecule has 2 fully saturated rings. The number of piperidine rings is 1. The lowest BCUT2D eigenvalue weighted by molar-refractivity contribution is -0.126. The molecular formula is C18H28N2O4. The van der Waals surface area contributed by atoms with Crippen LogP contribution in [0.5, 0.6) is 0 Å². The van der Waals surface area contributed by atoms with Gasteiger partial charge in [-0.2, -0.15) is 0 Å². The summed E-state index contributed by atoms with van der Waals surface area (Å²) in [5.41, 5.74) is 0. The highest BCUT2D eigenvalue weighted by Gasteiger charge is 2.24. The molecule has 24 heavy (non-hydrogen) atoms. The lowest BCUT2D eigenvalue weighted by atomic mass is 9.96. The van der Waals surface area contributed by atoms with Crippen LogP contribution in [0, 0.1) is 5.92 Å². The number of carbonyl (C=O) groups excluding carboxylic acids is 1. The maximum Gasteiger partial charge on any atom is 0.223 e. The van der Waals surface area contributed by atoms with Gasteiger partial charge in [-0.15, -0.1) is 0 Å². The average Bonchev–Trinajstić information content (AvgIpc) is 3.31. The third-order valence-electron chi connectivity index (χ3n) is 4.85. The molecule has 0 radical (unpaired) electrons. The summed E-state index contributed by atoms with van der Waals surface area (Å²) in [7, 11) is 0. The quantitative estimate of drug-likeness (QED) is 0.734. The predicted octanol–water partition coefficient (Wildman–Crippen LogP) is 1.80. The van der Waals surface area contributed by atoms with Gasteiger partial charge in [0.2, 0.25) is 5.91 Å². The molecule has 0 bridgehead atoms. The topological polar surface area (TPSA) is 63.9 Å². The van der Waals surface area contributed by atoms with E-state index in [1.165, 1.54) is 0 Å². The van der Waals surface area contributed by atoms with Crippen LogP contribution in [0.4, 0.5) is 0 Å². The molecule has 6 heteroatoms. The molecule has 1 N–H and O–H groups in total. The van der Waals surface area contributed by atoms with E-state index in [0.717, 1.165) is 64.3 Å². The molecule has 1 amide bonds. The molecule has 0 spiro atoms. The van der Waals surface area contributed by atoms with Crippen LogP contribution in [0.2, 0.25) is 0 Å². The van der Waals surface area contributed by atoms with Crippen molar-refractivity contribution < 1.29 is 18.7 Å². The van der Waals surface area contributed by atoms with Gasteiger partial charge in [-0.3, -0.25) is 4.79 Å². The van der Waals surface area contributed by atoms with Crippen molar-refractivity contribution in [3.8, 4) is 0 Å². The molecule has 0 unspecified atom stereocenters. The van der Waals surface area contributed by atoms with Gasteiger partial charge < -0.3 is 24.1 Å². The Balaban J connectivity index is 1.25. The van der Waals surface area contributed by atoms with Crippen LogP contribution in [0.1, 0.15) is 31.4 Å². The molecule has 2 aliphatic rings. The maximum absolute atomic E-state index is 12.2. The molecular weight excluding hydrogens is 308 g/mol. The van der Waals surface area contributed by atoms with Crippen LogP contribution in [0.15, 0.2) is 22.8 Å². The van der Waals surface area contributed by atoms with E-state index in [1.807, 2.05) is 12.1 Å². The molecule has 1 aromatic heterocycles. The number of carbonyl (C=O) groups is 1. The lowest BCUT2D eigenvalue weighted by Gasteiger charge is -2.31. The van der Waals surface area contributed by atoms with Crippen molar-refractivity contribution in [2.75, 3.05) is 39.5 Å². The number of amides is 1. The maximum atomic E-state index is 12.2. The Labute approximate surface area is 143 Å². The van der Waals surface area contributed by atoms with E-state index in [0.29, 0.717) is 19.3 Å². The van der Waals surface area contributed by atoms with Gasteiger partial charge >= 0.3 is 0 Å². The van der Waals surface area contributed by atoms with Crippen molar-refractivity contribution >= 4 is 5.91 Å². The predicted molar refractivity (Wildman–Crippen MR) is 89.5 cm³/mol. The van der Waals surface area contributed by atoms with Gasteiger partial charge in [0.1, 0.15) is 5.76 Å². The number of furan rings is 1. The zero-order chi connectivity index (χ0) is 16.6. The van der Waals surface area contributed by atoms with E-state index in [9.17, 15) is 4.79 Å². The van der Waals surface area contributed by atoms with Gasteiger partial charge in [-0.05, 0) is 50.9 Å². The standard InChI is InChI=1S/C18H28N2O4/c21-18(19-13-16-3-1-10-23-16)15-5-7-20(8-6-15)9-12-22-14-17-4-2-11-24-17/h1,3,10,15,17H,2,4-9,11-14H2,(H,19,21)/t17-/m0/s1. The Bertz CT molecular complexity index is 477. The Hall–Kier alpha value is -1.37. The summed E-state index contributed by atoms with van der Waals surface area (Å²) < 4.78 is 16.5. The third-order valence-corrected chi connectivity index (χ3v) is 4.85. The second kappa shape index (κ2) is 9.20. The fraction of sp³-hybridized carbons (Fsp3) is 0.722. The first-order valence-electron chi connectivity index (χ1n) is 9.03. The number of hydrogen-bond donors (Lipinski definition) is 1. The van der Waals surface area contributed by atoms with Gasteiger partial charge in [-0.25, -0.2) is 0 Å². The molecule has 0 saturated carbocycles. The number of ether oxygens (including phenoxy) is 2. The molecule has 3 heterocycles. The van der Waals surface area contributed by atoms with Crippen molar-refractivity contribution in [3.63, 3.8) is 0 Å². The summed E-state index contributed by atoms with van der Waals surface area (Å²) >= 11 is 0. The summed E-state index contributed by atoms with van der Waals surface area (Å²) in [6, 6.07) is 3.71. The molecule has 3 rings (SSSR count). The largest absolute Gasteiger partial charge is 0.467 e. The minimum absolute atomic E-state index is 0.115. The minimum Gasteiger partial charge on any atom is -0.467 e. The van der Waals surface area contributed by atoms with Crippen LogP contribution in [0.25, 0.3) is 0 Å². The molecule has 1 atom stereocenters. The first-order valence-corrected chi connectivity index (χ1v) is 9.03. The summed E-state index contributed by atoms with van der Waals surface area (Å²) in [4.78, 5) is 14.6. The molecule has 0 aliphatic carbocycles. The van der Waals surface area contributed by atoms with E-state index in [-0.39, 0.29) is 11.8 Å². The van der Waals surface area contributed by atoms with Gasteiger partial charge in [0.05, 0.1) is 32.1 Å². The van der Waals surface area contributed by atoms with Crippen molar-refractivity contribution in [2.45, 2.75) is 38.3 Å². The zero-order valence-corrected chi connectivity index (χ0v) is 14.2. The highest BCUT2D eigenvalue weighted by molar-refractivity contribution is 5.78. The Morgan fingerprint density at radius 1 is 1.33 bits per heavy atom. The summed E-state index contributed by atoms with van der Waals surface area (Å²) in [6.07, 6.45) is 6.03. The second-order valence-corrected chi connectivity index (χ2v) is 6.62. The van der Waals surface area contributed by atoms with Crippen LogP contribution in [-0.4, -0.2) is 56.4 Å². The van der Waals surface area contributed by atoms with Gasteiger partial charge in [-0.1, -0.05) is 0 Å². The normalized spacial score (nSPS) is 22.8. The summed E-state index contributed by atoms with van der Waals surface area (Å²) in [5.74, 6) is 1.05. The highest BCUT2D eigenvalue weighted by atomic mass is 16.5. The SMILES string of the molecule is O=C(NCc1ccco1)C1CCN(CCOC[C@@H]2CCCO2)CC1. The zero-order valence-electron chi connectivity index (χ0n) is 14.2. The number of rotatable bonds is 8. The van der Waals surface area contributed by atoms with Crippen LogP contribution < -0.4 is 5.32 Å². The number of nitrogens with one attached hydrogen (secondary N) is 1. The molecule has 2 saturated heterocycles. The smallest absolute Gasteiger partial charge is 0.223 e. The van der Waals surface area contributed by atoms with Crippen LogP contribution >= 0.6 is 0 Å². The van der Waals surface area contributed by atoms with E-state index in [2.05, 4.69) is 10.2 Å². The van der Waals surface area contributed by atoms with Crippen LogP contribution in [0.3, 0.4) is 0 Å². The first-order chi connectivity index (χ1) is 11.8. The fourth-order valence-electron chi connectivity index (χ4n) is 3.33. The summed E-state index contributed by atoms with van der Waals surface area (Å²) in [5, 5.41) is 2.96. The Morgan fingerprint density at radius 2 is 2.21 bits per heavy atom. The minimum atomic E-state index is 0.115. The van der Waals surface area contributed by atoms with Crippen molar-refractivity contribution in [1.82, 2.24) is 10.2 Å². The monoisotopic (exact) mass is 336 g/mol. The number of hydrogen-bond acceptors (Lipinski definition) is 5. The van der Waals surface area contributed by atoms with Crippen molar-refractivity contribution in [1.29, 1.82) is 0 Å². The highest BCUT2D eigenvalue weighted by Crippen LogP contribution is 2.17. The van der Waals surface area contributed by atoms with E-state index < -0.39 is 0 Å². The van der Waals surface area contributed by atoms with Gasteiger partial charge in [0.15, 0.2) is 0 Å². The Morgan fingerprint density at radius 3 is 2.92 bits per heavy atom. The average molecular weight is 336 g/mol. The van der Waals surface area contributed by atoms with Crippen molar-refractivity contribution in [2.24, 2.45) is 5.92 Å². The molecule has 1 aromatic rings. The van der Waals surface area contributed by atoms with Crippen LogP contribution in [-0.2, 0) is 20.8 Å². The molecule has 6 nitrogen and oxygen atoms in total. The van der Waals surface area contributed by atoms with E-state index in [4.69, 9.17) is 13.9 Å². The first kappa shape index (κ1) is 17.5. The lowest BCUT2D eigenvalue weighted by Crippen LogP contribution is -2.41. The molecule has 2 aliphatic heterocycles. The number of nitrogens with zero attached hydrogens (tertiary/aromatic N) is 1. The molecule has 134 valence electrons. The Kier molecular flexibility index (Phi) is 6.69. The third kappa shape index (κ3) is 5.33. The second-order valence-electron chi connectivity index (χ2n) is 6.62. The van der Waals surface area contributed by atoms with E-state index >= 15 is 0 Å². The van der Waals surface area contributed by atoms with Crippen molar-refractivity contribution in [3.05, 3.63) is 24.2 Å². The van der Waals surface area contributed by atoms with E-state index in [1.54, 1.807) is 6.26 Å². The van der Waals surface area contributed by atoms with Gasteiger partial charge in [0.25, 0.3) is 0 Å².